The molecule has 0 aliphatic heterocycles. The second kappa shape index (κ2) is 11.0. The van der Waals surface area contributed by atoms with Gasteiger partial charge in [0.1, 0.15) is 11.2 Å². The van der Waals surface area contributed by atoms with Gasteiger partial charge in [-0.05, 0) is 92.7 Å². The fraction of sp³-hybridized carbons (Fsp3) is 0. The summed E-state index contributed by atoms with van der Waals surface area (Å²) in [5.41, 5.74) is 7.40. The first-order valence-corrected chi connectivity index (χ1v) is 18.1. The van der Waals surface area contributed by atoms with Crippen LogP contribution in [0, 0.1) is 0 Å². The van der Waals surface area contributed by atoms with Crippen LogP contribution in [-0.4, -0.2) is 0 Å². The molecule has 0 unspecified atom stereocenters. The summed E-state index contributed by atoms with van der Waals surface area (Å²) >= 11 is 1.89. The number of furan rings is 1. The zero-order valence-corrected chi connectivity index (χ0v) is 28.3. The van der Waals surface area contributed by atoms with Gasteiger partial charge >= 0.3 is 0 Å². The highest BCUT2D eigenvalue weighted by Crippen LogP contribution is 2.46. The van der Waals surface area contributed by atoms with E-state index in [0.29, 0.717) is 0 Å². The molecule has 238 valence electrons. The molecule has 2 heterocycles. The Hall–Kier alpha value is -6.42. The molecule has 3 heteroatoms. The number of nitrogens with zero attached hydrogens (tertiary/aromatic N) is 1. The molecule has 0 radical (unpaired) electrons. The van der Waals surface area contributed by atoms with E-state index < -0.39 is 0 Å². The lowest BCUT2D eigenvalue weighted by Crippen LogP contribution is -2.10. The molecule has 11 rings (SSSR count). The Balaban J connectivity index is 1.19. The summed E-state index contributed by atoms with van der Waals surface area (Å²) in [5, 5.41) is 12.4. The van der Waals surface area contributed by atoms with Gasteiger partial charge in [-0.15, -0.1) is 11.3 Å². The minimum atomic E-state index is 0.877. The van der Waals surface area contributed by atoms with Crippen molar-refractivity contribution < 1.29 is 4.42 Å². The van der Waals surface area contributed by atoms with E-state index >= 15 is 0 Å². The number of hydrogen-bond acceptors (Lipinski definition) is 3. The van der Waals surface area contributed by atoms with E-state index in [1.54, 1.807) is 0 Å². The highest BCUT2D eigenvalue weighted by Gasteiger charge is 2.21. The van der Waals surface area contributed by atoms with Crippen molar-refractivity contribution in [1.82, 2.24) is 0 Å². The molecule has 9 aromatic carbocycles. The van der Waals surface area contributed by atoms with Gasteiger partial charge in [-0.1, -0.05) is 121 Å². The summed E-state index contributed by atoms with van der Waals surface area (Å²) in [6, 6.07) is 63.8. The van der Waals surface area contributed by atoms with Gasteiger partial charge in [0.25, 0.3) is 0 Å². The normalized spacial score (nSPS) is 11.9. The molecule has 0 aliphatic rings. The minimum Gasteiger partial charge on any atom is -0.456 e. The average Bonchev–Trinajstić information content (AvgIpc) is 3.77. The zero-order valence-electron chi connectivity index (χ0n) is 27.5. The first kappa shape index (κ1) is 28.4. The topological polar surface area (TPSA) is 16.4 Å². The predicted octanol–water partition coefficient (Wildman–Crippen LogP) is 14.6. The standard InChI is InChI=1S/C48H29NOS/c1-2-10-33-27-35(22-19-30(33)9-1)34-11-7-12-36(28-34)49(42-15-8-17-44-47(42)40-14-3-5-16-43(40)50-44)37-25-23-31-20-21-32-24-26-39-38-13-4-6-18-45(38)51-48(39)46(32)41(31)29-37/h1-29H. The number of rotatable bonds is 4. The summed E-state index contributed by atoms with van der Waals surface area (Å²) in [6.45, 7) is 0. The molecule has 0 saturated heterocycles. The van der Waals surface area contributed by atoms with E-state index in [1.807, 2.05) is 17.4 Å². The van der Waals surface area contributed by atoms with Crippen LogP contribution in [0.4, 0.5) is 17.1 Å². The highest BCUT2D eigenvalue weighted by molar-refractivity contribution is 7.26. The lowest BCUT2D eigenvalue weighted by molar-refractivity contribution is 0.669. The Labute approximate surface area is 298 Å². The van der Waals surface area contributed by atoms with Crippen LogP contribution in [0.25, 0.3) is 85.6 Å². The Morgan fingerprint density at radius 1 is 0.392 bits per heavy atom. The fourth-order valence-electron chi connectivity index (χ4n) is 8.01. The number of benzene rings is 9. The van der Waals surface area contributed by atoms with E-state index in [2.05, 4.69) is 175 Å². The lowest BCUT2D eigenvalue weighted by Gasteiger charge is -2.27. The van der Waals surface area contributed by atoms with Crippen molar-refractivity contribution in [3.8, 4) is 11.1 Å². The zero-order chi connectivity index (χ0) is 33.5. The minimum absolute atomic E-state index is 0.877. The van der Waals surface area contributed by atoms with Crippen LogP contribution >= 0.6 is 11.3 Å². The van der Waals surface area contributed by atoms with E-state index in [0.717, 1.165) is 39.0 Å². The number of thiophene rings is 1. The predicted molar refractivity (Wildman–Crippen MR) is 219 cm³/mol. The summed E-state index contributed by atoms with van der Waals surface area (Å²) in [4.78, 5) is 2.41. The third-order valence-corrected chi connectivity index (χ3v) is 11.6. The van der Waals surface area contributed by atoms with E-state index in [9.17, 15) is 0 Å². The Morgan fingerprint density at radius 3 is 2.06 bits per heavy atom. The highest BCUT2D eigenvalue weighted by atomic mass is 32.1. The van der Waals surface area contributed by atoms with Crippen LogP contribution in [0.15, 0.2) is 180 Å². The number of hydrogen-bond donors (Lipinski definition) is 0. The lowest BCUT2D eigenvalue weighted by atomic mass is 9.98. The maximum atomic E-state index is 6.43. The van der Waals surface area contributed by atoms with Crippen molar-refractivity contribution in [2.75, 3.05) is 4.90 Å². The monoisotopic (exact) mass is 667 g/mol. The van der Waals surface area contributed by atoms with Gasteiger partial charge in [-0.25, -0.2) is 0 Å². The molecule has 0 fully saturated rings. The van der Waals surface area contributed by atoms with Gasteiger partial charge in [-0.2, -0.15) is 0 Å². The molecule has 0 saturated carbocycles. The van der Waals surface area contributed by atoms with Crippen molar-refractivity contribution in [1.29, 1.82) is 0 Å². The van der Waals surface area contributed by atoms with Crippen LogP contribution in [0.1, 0.15) is 0 Å². The summed E-state index contributed by atoms with van der Waals surface area (Å²) in [5.74, 6) is 0. The van der Waals surface area contributed by atoms with Gasteiger partial charge in [0.15, 0.2) is 0 Å². The van der Waals surface area contributed by atoms with Gasteiger partial charge in [-0.3, -0.25) is 0 Å². The van der Waals surface area contributed by atoms with Gasteiger partial charge in [0.2, 0.25) is 0 Å². The molecule has 0 aliphatic carbocycles. The van der Waals surface area contributed by atoms with Crippen LogP contribution in [0.5, 0.6) is 0 Å². The second-order valence-electron chi connectivity index (χ2n) is 13.3. The molecule has 0 spiro atoms. The second-order valence-corrected chi connectivity index (χ2v) is 14.4. The first-order valence-electron chi connectivity index (χ1n) is 17.3. The number of para-hydroxylation sites is 1. The molecule has 0 amide bonds. The smallest absolute Gasteiger partial charge is 0.137 e. The maximum Gasteiger partial charge on any atom is 0.137 e. The van der Waals surface area contributed by atoms with Crippen molar-refractivity contribution in [3.63, 3.8) is 0 Å². The summed E-state index contributed by atoms with van der Waals surface area (Å²) < 4.78 is 9.08. The maximum absolute atomic E-state index is 6.43. The fourth-order valence-corrected chi connectivity index (χ4v) is 9.28. The van der Waals surface area contributed by atoms with E-state index in [4.69, 9.17) is 4.42 Å². The van der Waals surface area contributed by atoms with Crippen LogP contribution in [-0.2, 0) is 0 Å². The first-order chi connectivity index (χ1) is 25.3. The van der Waals surface area contributed by atoms with E-state index in [-0.39, 0.29) is 0 Å². The van der Waals surface area contributed by atoms with Crippen molar-refractivity contribution in [2.45, 2.75) is 0 Å². The molecule has 51 heavy (non-hydrogen) atoms. The van der Waals surface area contributed by atoms with Crippen molar-refractivity contribution >= 4 is 103 Å². The molecule has 0 atom stereocenters. The number of anilines is 3. The summed E-state index contributed by atoms with van der Waals surface area (Å²) in [7, 11) is 0. The third kappa shape index (κ3) is 4.42. The number of fused-ring (bicyclic) bond motifs is 11. The Bertz CT molecular complexity index is 3170. The Morgan fingerprint density at radius 2 is 1.10 bits per heavy atom. The molecular formula is C48H29NOS. The summed E-state index contributed by atoms with van der Waals surface area (Å²) in [6.07, 6.45) is 0. The van der Waals surface area contributed by atoms with Crippen LogP contribution < -0.4 is 4.90 Å². The molecule has 11 aromatic rings. The van der Waals surface area contributed by atoms with Gasteiger partial charge in [0, 0.05) is 42.3 Å². The quantitative estimate of drug-likeness (QED) is 0.174. The van der Waals surface area contributed by atoms with E-state index in [1.165, 1.54) is 63.6 Å². The molecular weight excluding hydrogens is 639 g/mol. The Kier molecular flexibility index (Phi) is 6.16. The van der Waals surface area contributed by atoms with Crippen molar-refractivity contribution in [2.24, 2.45) is 0 Å². The SMILES string of the molecule is c1cc(-c2ccc3ccccc3c2)cc(N(c2ccc3ccc4ccc5c6ccccc6sc5c4c3c2)c2cccc3oc4ccccc4c23)c1. The van der Waals surface area contributed by atoms with Crippen LogP contribution in [0.3, 0.4) is 0 Å². The molecule has 0 bridgehead atoms. The average molecular weight is 668 g/mol. The molecule has 2 nitrogen and oxygen atoms in total. The largest absolute Gasteiger partial charge is 0.456 e. The molecule has 0 N–H and O–H groups in total. The van der Waals surface area contributed by atoms with Crippen LogP contribution in [0.2, 0.25) is 0 Å². The van der Waals surface area contributed by atoms with Crippen molar-refractivity contribution in [3.05, 3.63) is 176 Å². The third-order valence-electron chi connectivity index (χ3n) is 10.4. The van der Waals surface area contributed by atoms with Gasteiger partial charge in [0.05, 0.1) is 11.1 Å². The van der Waals surface area contributed by atoms with Gasteiger partial charge < -0.3 is 9.32 Å². The molecule has 2 aromatic heterocycles.